The highest BCUT2D eigenvalue weighted by Gasteiger charge is 2.24. The second-order valence-corrected chi connectivity index (χ2v) is 9.75. The zero-order valence-electron chi connectivity index (χ0n) is 20.6. The van der Waals surface area contributed by atoms with Gasteiger partial charge in [-0.05, 0) is 97.4 Å². The van der Waals surface area contributed by atoms with Gasteiger partial charge < -0.3 is 0 Å². The van der Waals surface area contributed by atoms with Gasteiger partial charge in [0.15, 0.2) is 0 Å². The molecule has 0 saturated carbocycles. The summed E-state index contributed by atoms with van der Waals surface area (Å²) < 4.78 is 0. The Morgan fingerprint density at radius 1 is 0.270 bits per heavy atom. The van der Waals surface area contributed by atoms with E-state index in [1.165, 1.54) is 66.8 Å². The summed E-state index contributed by atoms with van der Waals surface area (Å²) in [5.74, 6) is 0. The summed E-state index contributed by atoms with van der Waals surface area (Å²) in [4.78, 5) is 0. The Hall–Kier alpha value is -4.68. The summed E-state index contributed by atoms with van der Waals surface area (Å²) in [7, 11) is 0. The molecule has 0 N–H and O–H groups in total. The van der Waals surface area contributed by atoms with Crippen LogP contribution in [0.3, 0.4) is 0 Å². The van der Waals surface area contributed by atoms with Crippen LogP contribution >= 0.6 is 0 Å². The van der Waals surface area contributed by atoms with Crippen molar-refractivity contribution in [2.75, 3.05) is 0 Å². The lowest BCUT2D eigenvalue weighted by molar-refractivity contribution is 1.26. The Balaban J connectivity index is 1.47. The molecule has 0 bridgehead atoms. The normalized spacial score (nSPS) is 11.7. The molecule has 0 nitrogen and oxygen atoms in total. The third kappa shape index (κ3) is 3.88. The topological polar surface area (TPSA) is 0 Å². The molecule has 37 heavy (non-hydrogen) atoms. The van der Waals surface area contributed by atoms with E-state index in [0.717, 1.165) is 6.42 Å². The summed E-state index contributed by atoms with van der Waals surface area (Å²) in [6, 6.07) is 52.9. The van der Waals surface area contributed by atoms with Crippen LogP contribution in [0.15, 0.2) is 146 Å². The summed E-state index contributed by atoms with van der Waals surface area (Å²) in [6.07, 6.45) is 0.953. The number of fused-ring (bicyclic) bond motifs is 3. The van der Waals surface area contributed by atoms with Crippen LogP contribution in [0.25, 0.3) is 55.6 Å². The lowest BCUT2D eigenvalue weighted by Crippen LogP contribution is -1.90. The molecule has 7 rings (SSSR count). The van der Waals surface area contributed by atoms with Gasteiger partial charge in [0.2, 0.25) is 0 Å². The monoisotopic (exact) mass is 470 g/mol. The second-order valence-electron chi connectivity index (χ2n) is 9.75. The maximum absolute atomic E-state index is 2.43. The van der Waals surface area contributed by atoms with E-state index < -0.39 is 0 Å². The highest BCUT2D eigenvalue weighted by Crippen LogP contribution is 2.47. The van der Waals surface area contributed by atoms with Gasteiger partial charge in [-0.2, -0.15) is 0 Å². The van der Waals surface area contributed by atoms with Crippen molar-refractivity contribution >= 4 is 0 Å². The molecule has 0 fully saturated rings. The van der Waals surface area contributed by atoms with Crippen LogP contribution in [0.2, 0.25) is 0 Å². The second kappa shape index (κ2) is 9.08. The Kier molecular flexibility index (Phi) is 5.30. The van der Waals surface area contributed by atoms with Crippen molar-refractivity contribution < 1.29 is 0 Å². The number of hydrogen-bond donors (Lipinski definition) is 0. The van der Waals surface area contributed by atoms with Crippen LogP contribution in [-0.4, -0.2) is 0 Å². The summed E-state index contributed by atoms with van der Waals surface area (Å²) in [5, 5.41) is 0. The molecular formula is C37H26. The highest BCUT2D eigenvalue weighted by molar-refractivity contribution is 5.95. The molecule has 174 valence electrons. The van der Waals surface area contributed by atoms with Crippen LogP contribution in [0.4, 0.5) is 0 Å². The zero-order chi connectivity index (χ0) is 24.6. The third-order valence-corrected chi connectivity index (χ3v) is 7.50. The first-order valence-electron chi connectivity index (χ1n) is 12.9. The van der Waals surface area contributed by atoms with E-state index in [0.29, 0.717) is 0 Å². The molecule has 6 aromatic rings. The van der Waals surface area contributed by atoms with E-state index in [4.69, 9.17) is 0 Å². The maximum Gasteiger partial charge on any atom is -0.00130 e. The maximum atomic E-state index is 2.43. The van der Waals surface area contributed by atoms with Crippen molar-refractivity contribution in [3.05, 3.63) is 157 Å². The van der Waals surface area contributed by atoms with Crippen LogP contribution in [0, 0.1) is 0 Å². The quantitative estimate of drug-likeness (QED) is 0.240. The Morgan fingerprint density at radius 3 is 0.838 bits per heavy atom. The molecule has 1 aliphatic rings. The van der Waals surface area contributed by atoms with Crippen molar-refractivity contribution in [1.29, 1.82) is 0 Å². The van der Waals surface area contributed by atoms with Gasteiger partial charge in [-0.3, -0.25) is 0 Å². The van der Waals surface area contributed by atoms with Crippen molar-refractivity contribution in [1.82, 2.24) is 0 Å². The Labute approximate surface area is 218 Å². The standard InChI is InChI=1S/C37H26/c1-5-13-26(14-6-1)32-22-30-21-31-23-33(27-15-7-2-8-16-27)35(29-19-11-4-12-20-29)25-37(31)36(30)24-34(32)28-17-9-3-10-18-28/h1-20,22-25H,21H2. The van der Waals surface area contributed by atoms with Gasteiger partial charge in [-0.25, -0.2) is 0 Å². The molecule has 0 atom stereocenters. The molecule has 0 aliphatic heterocycles. The largest absolute Gasteiger partial charge is 0.0622 e. The fourth-order valence-corrected chi connectivity index (χ4v) is 5.71. The molecule has 0 heteroatoms. The lowest BCUT2D eigenvalue weighted by atomic mass is 9.88. The minimum absolute atomic E-state index is 0.953. The number of hydrogen-bond acceptors (Lipinski definition) is 0. The van der Waals surface area contributed by atoms with E-state index in [1.807, 2.05) is 0 Å². The van der Waals surface area contributed by atoms with Gasteiger partial charge in [0.05, 0.1) is 0 Å². The predicted molar refractivity (Wildman–Crippen MR) is 156 cm³/mol. The van der Waals surface area contributed by atoms with Gasteiger partial charge in [0, 0.05) is 0 Å². The third-order valence-electron chi connectivity index (χ3n) is 7.50. The van der Waals surface area contributed by atoms with Gasteiger partial charge in [0.1, 0.15) is 0 Å². The Bertz CT molecular complexity index is 1570. The first-order valence-corrected chi connectivity index (χ1v) is 12.9. The van der Waals surface area contributed by atoms with Crippen molar-refractivity contribution in [3.63, 3.8) is 0 Å². The van der Waals surface area contributed by atoms with E-state index in [9.17, 15) is 0 Å². The molecule has 6 aromatic carbocycles. The summed E-state index contributed by atoms with van der Waals surface area (Å²) >= 11 is 0. The molecule has 0 heterocycles. The van der Waals surface area contributed by atoms with Gasteiger partial charge in [-0.15, -0.1) is 0 Å². The molecule has 0 spiro atoms. The van der Waals surface area contributed by atoms with E-state index >= 15 is 0 Å². The number of rotatable bonds is 4. The smallest absolute Gasteiger partial charge is 0.00130 e. The minimum atomic E-state index is 0.953. The average Bonchev–Trinajstić information content (AvgIpc) is 3.34. The predicted octanol–water partition coefficient (Wildman–Crippen LogP) is 9.93. The van der Waals surface area contributed by atoms with Gasteiger partial charge in [0.25, 0.3) is 0 Å². The molecule has 0 radical (unpaired) electrons. The Morgan fingerprint density at radius 2 is 0.541 bits per heavy atom. The molecule has 0 saturated heterocycles. The van der Waals surface area contributed by atoms with Gasteiger partial charge in [-0.1, -0.05) is 121 Å². The molecule has 0 unspecified atom stereocenters. The van der Waals surface area contributed by atoms with Gasteiger partial charge >= 0.3 is 0 Å². The summed E-state index contributed by atoms with van der Waals surface area (Å²) in [5.41, 5.74) is 15.7. The molecule has 0 aromatic heterocycles. The van der Waals surface area contributed by atoms with Crippen molar-refractivity contribution in [2.24, 2.45) is 0 Å². The van der Waals surface area contributed by atoms with Crippen molar-refractivity contribution in [3.8, 4) is 55.6 Å². The summed E-state index contributed by atoms with van der Waals surface area (Å²) in [6.45, 7) is 0. The van der Waals surface area contributed by atoms with E-state index in [2.05, 4.69) is 146 Å². The van der Waals surface area contributed by atoms with E-state index in [1.54, 1.807) is 0 Å². The lowest BCUT2D eigenvalue weighted by Gasteiger charge is -2.15. The number of benzene rings is 6. The molecule has 0 amide bonds. The molecule has 1 aliphatic carbocycles. The first-order chi connectivity index (χ1) is 18.3. The minimum Gasteiger partial charge on any atom is -0.0622 e. The van der Waals surface area contributed by atoms with Crippen molar-refractivity contribution in [2.45, 2.75) is 6.42 Å². The highest BCUT2D eigenvalue weighted by atomic mass is 14.3. The van der Waals surface area contributed by atoms with Crippen LogP contribution < -0.4 is 0 Å². The van der Waals surface area contributed by atoms with Crippen LogP contribution in [-0.2, 0) is 6.42 Å². The molecular weight excluding hydrogens is 444 g/mol. The van der Waals surface area contributed by atoms with Crippen LogP contribution in [0.1, 0.15) is 11.1 Å². The zero-order valence-corrected chi connectivity index (χ0v) is 20.6. The van der Waals surface area contributed by atoms with E-state index in [-0.39, 0.29) is 0 Å². The fourth-order valence-electron chi connectivity index (χ4n) is 5.71. The van der Waals surface area contributed by atoms with Crippen LogP contribution in [0.5, 0.6) is 0 Å². The first kappa shape index (κ1) is 21.6. The SMILES string of the molecule is c1ccc(-c2cc3c(cc2-c2ccccc2)-c2cc(-c4ccccc4)c(-c4ccccc4)cc2C3)cc1. The fraction of sp³-hybridized carbons (Fsp3) is 0.0270. The average molecular weight is 471 g/mol.